The molecule has 1 rings (SSSR count). The Morgan fingerprint density at radius 1 is 1.35 bits per heavy atom. The van der Waals surface area contributed by atoms with Gasteiger partial charge in [-0.1, -0.05) is 13.8 Å². The Labute approximate surface area is 121 Å². The molecule has 1 aliphatic heterocycles. The van der Waals surface area contributed by atoms with Crippen molar-refractivity contribution in [1.82, 2.24) is 10.2 Å². The second-order valence-electron chi connectivity index (χ2n) is 6.02. The molecule has 1 fully saturated rings. The number of morpholine rings is 1. The molecule has 20 heavy (non-hydrogen) atoms. The molecule has 0 bridgehead atoms. The highest BCUT2D eigenvalue weighted by Gasteiger charge is 2.35. The van der Waals surface area contributed by atoms with Crippen molar-refractivity contribution in [3.63, 3.8) is 0 Å². The maximum absolute atomic E-state index is 12.4. The largest absolute Gasteiger partial charge is 0.377 e. The van der Waals surface area contributed by atoms with Crippen LogP contribution in [0.3, 0.4) is 0 Å². The molecule has 1 saturated heterocycles. The molecule has 2 unspecified atom stereocenters. The normalized spacial score (nSPS) is 21.1. The van der Waals surface area contributed by atoms with Crippen LogP contribution in [0.15, 0.2) is 0 Å². The number of nitrogens with one attached hydrogen (secondary N) is 1. The van der Waals surface area contributed by atoms with Crippen LogP contribution in [-0.2, 0) is 14.3 Å². The summed E-state index contributed by atoms with van der Waals surface area (Å²) < 4.78 is 5.33. The molecule has 0 saturated carbocycles. The fraction of sp³-hybridized carbons (Fsp3) is 0.857. The maximum atomic E-state index is 12.4. The lowest BCUT2D eigenvalue weighted by Crippen LogP contribution is -2.59. The van der Waals surface area contributed by atoms with Crippen molar-refractivity contribution < 1.29 is 14.3 Å². The zero-order valence-electron chi connectivity index (χ0n) is 12.9. The lowest BCUT2D eigenvalue weighted by molar-refractivity contribution is -0.149. The van der Waals surface area contributed by atoms with Crippen LogP contribution in [0.2, 0.25) is 0 Å². The molecule has 0 aromatic rings. The van der Waals surface area contributed by atoms with Crippen LogP contribution in [0.1, 0.15) is 34.1 Å². The second-order valence-corrected chi connectivity index (χ2v) is 6.02. The first-order valence-corrected chi connectivity index (χ1v) is 7.27. The topological polar surface area (TPSA) is 84.7 Å². The van der Waals surface area contributed by atoms with Gasteiger partial charge < -0.3 is 20.7 Å². The summed E-state index contributed by atoms with van der Waals surface area (Å²) in [5.41, 5.74) is 5.95. The van der Waals surface area contributed by atoms with Gasteiger partial charge in [0.2, 0.25) is 11.8 Å². The maximum Gasteiger partial charge on any atom is 0.245 e. The van der Waals surface area contributed by atoms with Crippen LogP contribution >= 0.6 is 0 Å². The molecule has 1 heterocycles. The van der Waals surface area contributed by atoms with Crippen LogP contribution in [0, 0.1) is 5.92 Å². The Morgan fingerprint density at radius 3 is 2.55 bits per heavy atom. The van der Waals surface area contributed by atoms with Crippen LogP contribution in [0.4, 0.5) is 0 Å². The van der Waals surface area contributed by atoms with E-state index in [4.69, 9.17) is 10.5 Å². The molecule has 1 aliphatic rings. The first-order chi connectivity index (χ1) is 9.32. The number of nitrogens with zero attached hydrogens (tertiary/aromatic N) is 1. The van der Waals surface area contributed by atoms with Crippen LogP contribution in [-0.4, -0.2) is 54.6 Å². The van der Waals surface area contributed by atoms with E-state index in [0.29, 0.717) is 25.5 Å². The molecule has 0 aromatic heterocycles. The number of hydrogen-bond acceptors (Lipinski definition) is 4. The van der Waals surface area contributed by atoms with Gasteiger partial charge in [-0.2, -0.15) is 0 Å². The summed E-state index contributed by atoms with van der Waals surface area (Å²) in [6, 6.07) is -1.09. The van der Waals surface area contributed by atoms with Gasteiger partial charge in [0.25, 0.3) is 0 Å². The summed E-state index contributed by atoms with van der Waals surface area (Å²) in [6.07, 6.45) is 0.620. The van der Waals surface area contributed by atoms with Gasteiger partial charge in [-0.3, -0.25) is 9.59 Å². The van der Waals surface area contributed by atoms with Crippen LogP contribution < -0.4 is 11.1 Å². The standard InChI is InChI=1S/C14H27N3O3/c1-9(2)7-11(15)14(19)17-5-6-20-8-12(17)13(18)16-10(3)4/h9-12H,5-8,15H2,1-4H3,(H,16,18). The average Bonchev–Trinajstić information content (AvgIpc) is 2.36. The molecule has 116 valence electrons. The Hall–Kier alpha value is -1.14. The number of ether oxygens (including phenoxy) is 1. The Bertz CT molecular complexity index is 345. The Kier molecular flexibility index (Phi) is 6.42. The summed E-state index contributed by atoms with van der Waals surface area (Å²) in [5, 5.41) is 2.82. The molecule has 2 atom stereocenters. The van der Waals surface area contributed by atoms with E-state index in [1.807, 2.05) is 27.7 Å². The summed E-state index contributed by atoms with van der Waals surface area (Å²) in [6.45, 7) is 8.92. The summed E-state index contributed by atoms with van der Waals surface area (Å²) in [4.78, 5) is 26.1. The number of hydrogen-bond donors (Lipinski definition) is 2. The SMILES string of the molecule is CC(C)CC(N)C(=O)N1CCOCC1C(=O)NC(C)C. The minimum atomic E-state index is -0.572. The molecule has 2 amide bonds. The number of carbonyl (C=O) groups excluding carboxylic acids is 2. The van der Waals surface area contributed by atoms with Crippen molar-refractivity contribution >= 4 is 11.8 Å². The monoisotopic (exact) mass is 285 g/mol. The highest BCUT2D eigenvalue weighted by Crippen LogP contribution is 2.12. The molecule has 6 heteroatoms. The Balaban J connectivity index is 2.72. The average molecular weight is 285 g/mol. The highest BCUT2D eigenvalue weighted by molar-refractivity contribution is 5.90. The molecule has 0 aromatic carbocycles. The zero-order valence-corrected chi connectivity index (χ0v) is 12.9. The van der Waals surface area contributed by atoms with E-state index in [0.717, 1.165) is 0 Å². The second kappa shape index (κ2) is 7.59. The van der Waals surface area contributed by atoms with Crippen molar-refractivity contribution in [2.45, 2.75) is 52.2 Å². The van der Waals surface area contributed by atoms with E-state index in [-0.39, 0.29) is 24.5 Å². The predicted octanol–water partition coefficient (Wildman–Crippen LogP) is 0.112. The van der Waals surface area contributed by atoms with Gasteiger partial charge in [-0.05, 0) is 26.2 Å². The van der Waals surface area contributed by atoms with Crippen molar-refractivity contribution in [2.75, 3.05) is 19.8 Å². The van der Waals surface area contributed by atoms with Gasteiger partial charge in [0.1, 0.15) is 6.04 Å². The number of carbonyl (C=O) groups is 2. The van der Waals surface area contributed by atoms with E-state index in [1.54, 1.807) is 4.90 Å². The Morgan fingerprint density at radius 2 is 2.00 bits per heavy atom. The van der Waals surface area contributed by atoms with Gasteiger partial charge in [0.05, 0.1) is 19.3 Å². The molecule has 6 nitrogen and oxygen atoms in total. The van der Waals surface area contributed by atoms with Crippen LogP contribution in [0.25, 0.3) is 0 Å². The summed E-state index contributed by atoms with van der Waals surface area (Å²) in [5.74, 6) is 0.00799. The smallest absolute Gasteiger partial charge is 0.245 e. The predicted molar refractivity (Wildman–Crippen MR) is 77.0 cm³/mol. The van der Waals surface area contributed by atoms with E-state index in [1.165, 1.54) is 0 Å². The third-order valence-electron chi connectivity index (χ3n) is 3.19. The molecule has 0 aliphatic carbocycles. The van der Waals surface area contributed by atoms with Gasteiger partial charge in [-0.25, -0.2) is 0 Å². The van der Waals surface area contributed by atoms with E-state index >= 15 is 0 Å². The van der Waals surface area contributed by atoms with Crippen molar-refractivity contribution in [2.24, 2.45) is 11.7 Å². The minimum absolute atomic E-state index is 0.0331. The number of rotatable bonds is 5. The fourth-order valence-electron chi connectivity index (χ4n) is 2.29. The van der Waals surface area contributed by atoms with E-state index < -0.39 is 12.1 Å². The first-order valence-electron chi connectivity index (χ1n) is 7.27. The van der Waals surface area contributed by atoms with E-state index in [9.17, 15) is 9.59 Å². The molecule has 3 N–H and O–H groups in total. The zero-order chi connectivity index (χ0) is 15.3. The van der Waals surface area contributed by atoms with Crippen LogP contribution in [0.5, 0.6) is 0 Å². The molecular weight excluding hydrogens is 258 g/mol. The van der Waals surface area contributed by atoms with E-state index in [2.05, 4.69) is 5.32 Å². The fourth-order valence-corrected chi connectivity index (χ4v) is 2.29. The van der Waals surface area contributed by atoms with Gasteiger partial charge in [-0.15, -0.1) is 0 Å². The first kappa shape index (κ1) is 16.9. The van der Waals surface area contributed by atoms with Crippen molar-refractivity contribution in [3.05, 3.63) is 0 Å². The van der Waals surface area contributed by atoms with Gasteiger partial charge in [0.15, 0.2) is 0 Å². The van der Waals surface area contributed by atoms with Crippen molar-refractivity contribution in [3.8, 4) is 0 Å². The summed E-state index contributed by atoms with van der Waals surface area (Å²) in [7, 11) is 0. The minimum Gasteiger partial charge on any atom is -0.377 e. The summed E-state index contributed by atoms with van der Waals surface area (Å²) >= 11 is 0. The number of amides is 2. The quantitative estimate of drug-likeness (QED) is 0.751. The lowest BCUT2D eigenvalue weighted by atomic mass is 10.0. The lowest BCUT2D eigenvalue weighted by Gasteiger charge is -2.36. The molecule has 0 radical (unpaired) electrons. The van der Waals surface area contributed by atoms with Gasteiger partial charge >= 0.3 is 0 Å². The van der Waals surface area contributed by atoms with Gasteiger partial charge in [0, 0.05) is 12.6 Å². The third kappa shape index (κ3) is 4.76. The number of nitrogens with two attached hydrogens (primary N) is 1. The van der Waals surface area contributed by atoms with Crippen molar-refractivity contribution in [1.29, 1.82) is 0 Å². The molecule has 0 spiro atoms. The highest BCUT2D eigenvalue weighted by atomic mass is 16.5. The molecular formula is C14H27N3O3. The third-order valence-corrected chi connectivity index (χ3v) is 3.19.